The summed E-state index contributed by atoms with van der Waals surface area (Å²) >= 11 is 0. The van der Waals surface area contributed by atoms with E-state index in [9.17, 15) is 19.2 Å². The molecule has 3 heterocycles. The van der Waals surface area contributed by atoms with Crippen molar-refractivity contribution in [1.82, 2.24) is 25.3 Å². The normalized spacial score (nSPS) is 17.7. The summed E-state index contributed by atoms with van der Waals surface area (Å²) in [5, 5.41) is 15.5. The highest BCUT2D eigenvalue weighted by atomic mass is 16.2. The van der Waals surface area contributed by atoms with Gasteiger partial charge in [-0.2, -0.15) is 5.10 Å². The number of hydrogen-bond acceptors (Lipinski definition) is 5. The summed E-state index contributed by atoms with van der Waals surface area (Å²) < 4.78 is 1.76. The number of aromatic nitrogens is 2. The van der Waals surface area contributed by atoms with Crippen LogP contribution in [0, 0.1) is 12.8 Å². The molecular weight excluding hydrogens is 546 g/mol. The zero-order chi connectivity index (χ0) is 30.7. The van der Waals surface area contributed by atoms with Crippen molar-refractivity contribution in [3.63, 3.8) is 0 Å². The fourth-order valence-corrected chi connectivity index (χ4v) is 5.46. The lowest BCUT2D eigenvalue weighted by Gasteiger charge is -2.35. The second-order valence-electron chi connectivity index (χ2n) is 12.4. The summed E-state index contributed by atoms with van der Waals surface area (Å²) in [7, 11) is 0. The Bertz CT molecular complexity index is 1500. The number of aryl methyl sites for hydroxylation is 1. The van der Waals surface area contributed by atoms with Gasteiger partial charge in [-0.25, -0.2) is 14.3 Å². The van der Waals surface area contributed by atoms with Gasteiger partial charge in [0.25, 0.3) is 0 Å². The number of anilines is 2. The van der Waals surface area contributed by atoms with Crippen LogP contribution in [0.1, 0.15) is 56.9 Å². The van der Waals surface area contributed by atoms with Crippen molar-refractivity contribution in [3.05, 3.63) is 71.4 Å². The van der Waals surface area contributed by atoms with Crippen LogP contribution in [0.15, 0.2) is 54.6 Å². The molecule has 2 aromatic carbocycles. The quantitative estimate of drug-likeness (QED) is 0.338. The fraction of sp³-hybridized carbons (Fsp3) is 0.406. The summed E-state index contributed by atoms with van der Waals surface area (Å²) in [5.74, 6) is 0.225. The lowest BCUT2D eigenvalue weighted by Crippen LogP contribution is -2.59. The Morgan fingerprint density at radius 1 is 1.00 bits per heavy atom. The number of urea groups is 2. The molecule has 0 aliphatic carbocycles. The first kappa shape index (κ1) is 29.8. The van der Waals surface area contributed by atoms with Gasteiger partial charge in [0.05, 0.1) is 17.8 Å². The molecule has 4 N–H and O–H groups in total. The number of nitrogens with zero attached hydrogens (tertiary/aromatic N) is 3. The van der Waals surface area contributed by atoms with E-state index in [0.717, 1.165) is 47.5 Å². The van der Waals surface area contributed by atoms with E-state index in [4.69, 9.17) is 5.10 Å². The number of rotatable bonds is 6. The van der Waals surface area contributed by atoms with E-state index in [1.807, 2.05) is 61.5 Å². The number of carbonyl (C=O) groups excluding carboxylic acids is 4. The van der Waals surface area contributed by atoms with E-state index in [2.05, 4.69) is 42.0 Å². The molecule has 6 amide bonds. The molecule has 11 heteroatoms. The minimum atomic E-state index is -0.817. The second kappa shape index (κ2) is 12.3. The van der Waals surface area contributed by atoms with Crippen LogP contribution in [0.25, 0.3) is 5.69 Å². The molecule has 1 unspecified atom stereocenters. The number of benzene rings is 2. The Morgan fingerprint density at radius 3 is 2.37 bits per heavy atom. The van der Waals surface area contributed by atoms with E-state index >= 15 is 0 Å². The zero-order valence-electron chi connectivity index (χ0n) is 25.1. The van der Waals surface area contributed by atoms with Crippen molar-refractivity contribution in [2.45, 2.75) is 64.8 Å². The average Bonchev–Trinajstić information content (AvgIpc) is 3.38. The van der Waals surface area contributed by atoms with Gasteiger partial charge in [0.15, 0.2) is 0 Å². The van der Waals surface area contributed by atoms with Gasteiger partial charge in [0, 0.05) is 30.3 Å². The van der Waals surface area contributed by atoms with Crippen molar-refractivity contribution >= 4 is 35.4 Å². The molecule has 2 aliphatic heterocycles. The van der Waals surface area contributed by atoms with E-state index in [0.29, 0.717) is 24.8 Å². The number of amides is 6. The van der Waals surface area contributed by atoms with Gasteiger partial charge in [-0.3, -0.25) is 20.2 Å². The Kier molecular flexibility index (Phi) is 8.52. The molecule has 226 valence electrons. The van der Waals surface area contributed by atoms with Gasteiger partial charge < -0.3 is 15.5 Å². The third-order valence-electron chi connectivity index (χ3n) is 7.94. The lowest BCUT2D eigenvalue weighted by atomic mass is 9.89. The van der Waals surface area contributed by atoms with Crippen LogP contribution in [-0.2, 0) is 21.4 Å². The lowest BCUT2D eigenvalue weighted by molar-refractivity contribution is -0.137. The predicted molar refractivity (Wildman–Crippen MR) is 164 cm³/mol. The first-order valence-corrected chi connectivity index (χ1v) is 14.7. The molecule has 2 saturated heterocycles. The van der Waals surface area contributed by atoms with Crippen LogP contribution in [0.4, 0.5) is 21.1 Å². The van der Waals surface area contributed by atoms with Gasteiger partial charge in [0.2, 0.25) is 11.8 Å². The van der Waals surface area contributed by atoms with E-state index in [1.54, 1.807) is 9.58 Å². The van der Waals surface area contributed by atoms with Crippen LogP contribution in [0.5, 0.6) is 0 Å². The van der Waals surface area contributed by atoms with Gasteiger partial charge in [-0.05, 0) is 55.9 Å². The van der Waals surface area contributed by atoms with Crippen LogP contribution in [0.2, 0.25) is 0 Å². The number of likely N-dealkylation sites (tertiary alicyclic amines) is 1. The molecule has 1 aromatic heterocycles. The maximum atomic E-state index is 13.3. The molecule has 0 bridgehead atoms. The van der Waals surface area contributed by atoms with Crippen LogP contribution in [0.3, 0.4) is 0 Å². The zero-order valence-corrected chi connectivity index (χ0v) is 25.1. The highest BCUT2D eigenvalue weighted by Crippen LogP contribution is 2.28. The molecule has 2 aliphatic rings. The number of carbonyl (C=O) groups is 4. The number of para-hydroxylation sites is 1. The minimum Gasteiger partial charge on any atom is -0.341 e. The van der Waals surface area contributed by atoms with Gasteiger partial charge in [0.1, 0.15) is 11.9 Å². The average molecular weight is 586 g/mol. The maximum absolute atomic E-state index is 13.3. The van der Waals surface area contributed by atoms with E-state index in [1.165, 1.54) is 0 Å². The predicted octanol–water partition coefficient (Wildman–Crippen LogP) is 4.50. The molecular formula is C32H39N7O4. The Hall–Kier alpha value is -4.67. The topological polar surface area (TPSA) is 137 Å². The summed E-state index contributed by atoms with van der Waals surface area (Å²) in [6.07, 6.45) is 2.26. The standard InChI is InChI=1S/C32H39N7O4/c1-20-9-11-23(12-10-20)39-27(19-26(37-39)32(2,3)4)35-30(42)33-24-8-6-5-7-22(24)17-21-13-15-38(16-14-21)29(41)25-18-28(40)36-31(43)34-25/h5-12,19,21,25H,13-18H2,1-4H3,(H2,33,35,42)(H2,34,36,40,43). The van der Waals surface area contributed by atoms with Crippen LogP contribution in [-0.4, -0.2) is 57.7 Å². The Labute approximate surface area is 251 Å². The molecule has 1 atom stereocenters. The van der Waals surface area contributed by atoms with Crippen molar-refractivity contribution in [1.29, 1.82) is 0 Å². The largest absolute Gasteiger partial charge is 0.341 e. The van der Waals surface area contributed by atoms with Gasteiger partial charge in [-0.1, -0.05) is 56.7 Å². The van der Waals surface area contributed by atoms with E-state index < -0.39 is 18.0 Å². The van der Waals surface area contributed by atoms with Crippen molar-refractivity contribution in [2.24, 2.45) is 5.92 Å². The number of nitrogens with one attached hydrogen (secondary N) is 4. The van der Waals surface area contributed by atoms with Crippen molar-refractivity contribution in [3.8, 4) is 5.69 Å². The second-order valence-corrected chi connectivity index (χ2v) is 12.4. The smallest absolute Gasteiger partial charge is 0.324 e. The fourth-order valence-electron chi connectivity index (χ4n) is 5.46. The molecule has 0 radical (unpaired) electrons. The van der Waals surface area contributed by atoms with Gasteiger partial charge >= 0.3 is 12.1 Å². The molecule has 0 saturated carbocycles. The van der Waals surface area contributed by atoms with Crippen LogP contribution < -0.4 is 21.3 Å². The SMILES string of the molecule is Cc1ccc(-n2nc(C(C)(C)C)cc2NC(=O)Nc2ccccc2CC2CCN(C(=O)C3CC(=O)NC(=O)N3)CC2)cc1. The van der Waals surface area contributed by atoms with Crippen molar-refractivity contribution < 1.29 is 19.2 Å². The minimum absolute atomic E-state index is 0.0467. The van der Waals surface area contributed by atoms with Crippen molar-refractivity contribution in [2.75, 3.05) is 23.7 Å². The van der Waals surface area contributed by atoms with E-state index in [-0.39, 0.29) is 23.8 Å². The summed E-state index contributed by atoms with van der Waals surface area (Å²) in [4.78, 5) is 51.2. The summed E-state index contributed by atoms with van der Waals surface area (Å²) in [6.45, 7) is 9.38. The Balaban J connectivity index is 1.22. The number of imide groups is 1. The molecule has 5 rings (SSSR count). The summed E-state index contributed by atoms with van der Waals surface area (Å²) in [5.41, 5.74) is 4.40. The molecule has 3 aromatic rings. The first-order valence-electron chi connectivity index (χ1n) is 14.7. The number of piperidine rings is 1. The monoisotopic (exact) mass is 585 g/mol. The third-order valence-corrected chi connectivity index (χ3v) is 7.94. The molecule has 43 heavy (non-hydrogen) atoms. The molecule has 0 spiro atoms. The van der Waals surface area contributed by atoms with Crippen LogP contribution >= 0.6 is 0 Å². The number of hydrogen-bond donors (Lipinski definition) is 4. The summed E-state index contributed by atoms with van der Waals surface area (Å²) in [6, 6.07) is 15.8. The molecule has 11 nitrogen and oxygen atoms in total. The maximum Gasteiger partial charge on any atom is 0.324 e. The third kappa shape index (κ3) is 7.22. The molecule has 2 fully saturated rings. The van der Waals surface area contributed by atoms with Gasteiger partial charge in [-0.15, -0.1) is 0 Å². The first-order chi connectivity index (χ1) is 20.5. The highest BCUT2D eigenvalue weighted by Gasteiger charge is 2.34. The Morgan fingerprint density at radius 2 is 1.70 bits per heavy atom. The highest BCUT2D eigenvalue weighted by molar-refractivity contribution is 6.02.